The highest BCUT2D eigenvalue weighted by Crippen LogP contribution is 2.30. The Labute approximate surface area is 135 Å². The maximum Gasteiger partial charge on any atom is 0.254 e. The van der Waals surface area contributed by atoms with E-state index in [0.29, 0.717) is 17.9 Å². The molecule has 0 spiro atoms. The molecule has 5 heteroatoms. The van der Waals surface area contributed by atoms with Gasteiger partial charge >= 0.3 is 0 Å². The number of rotatable bonds is 4. The molecule has 0 bridgehead atoms. The minimum Gasteiger partial charge on any atom is -0.496 e. The standard InChI is InChI=1S/C18H20N2O3/c1-23-17-8-7-13(11-15(17)16-6-2-3-9-19-16)18(22)20-10-4-5-14(20)12-21/h2-3,6-9,11,14,21H,4-5,10,12H2,1H3/t14-/m1/s1. The number of benzene rings is 1. The predicted molar refractivity (Wildman–Crippen MR) is 87.4 cm³/mol. The van der Waals surface area contributed by atoms with Crippen LogP contribution in [0.5, 0.6) is 5.75 Å². The fourth-order valence-corrected chi connectivity index (χ4v) is 3.02. The van der Waals surface area contributed by atoms with E-state index < -0.39 is 0 Å². The maximum absolute atomic E-state index is 12.8. The summed E-state index contributed by atoms with van der Waals surface area (Å²) in [6.45, 7) is 0.698. The van der Waals surface area contributed by atoms with Crippen LogP contribution in [0.15, 0.2) is 42.6 Å². The van der Waals surface area contributed by atoms with Crippen LogP contribution in [0.2, 0.25) is 0 Å². The number of methoxy groups -OCH3 is 1. The first-order valence-electron chi connectivity index (χ1n) is 7.76. The van der Waals surface area contributed by atoms with Crippen LogP contribution in [0, 0.1) is 0 Å². The minimum absolute atomic E-state index is 0.00892. The maximum atomic E-state index is 12.8. The molecule has 1 amide bonds. The number of carbonyl (C=O) groups excluding carboxylic acids is 1. The van der Waals surface area contributed by atoms with Crippen molar-refractivity contribution in [2.45, 2.75) is 18.9 Å². The molecule has 1 N–H and O–H groups in total. The van der Waals surface area contributed by atoms with Gasteiger partial charge in [-0.1, -0.05) is 6.07 Å². The lowest BCUT2D eigenvalue weighted by Crippen LogP contribution is -2.37. The average Bonchev–Trinajstić information content (AvgIpc) is 3.10. The third kappa shape index (κ3) is 3.05. The number of amides is 1. The van der Waals surface area contributed by atoms with Crippen LogP contribution in [0.4, 0.5) is 0 Å². The second kappa shape index (κ2) is 6.79. The van der Waals surface area contributed by atoms with E-state index in [2.05, 4.69) is 4.98 Å². The SMILES string of the molecule is COc1ccc(C(=O)N2CCC[C@@H]2CO)cc1-c1ccccn1. The van der Waals surface area contributed by atoms with Crippen LogP contribution >= 0.6 is 0 Å². The number of likely N-dealkylation sites (tertiary alicyclic amines) is 1. The van der Waals surface area contributed by atoms with Gasteiger partial charge in [0, 0.05) is 23.9 Å². The van der Waals surface area contributed by atoms with Gasteiger partial charge in [0.1, 0.15) is 5.75 Å². The van der Waals surface area contributed by atoms with Crippen molar-refractivity contribution in [1.29, 1.82) is 0 Å². The lowest BCUT2D eigenvalue weighted by Gasteiger charge is -2.23. The molecule has 1 aliphatic heterocycles. The monoisotopic (exact) mass is 312 g/mol. The summed E-state index contributed by atoms with van der Waals surface area (Å²) in [5.41, 5.74) is 2.14. The lowest BCUT2D eigenvalue weighted by atomic mass is 10.0. The summed E-state index contributed by atoms with van der Waals surface area (Å²) in [5.74, 6) is 0.627. The van der Waals surface area contributed by atoms with Gasteiger partial charge in [-0.3, -0.25) is 9.78 Å². The van der Waals surface area contributed by atoms with Gasteiger partial charge in [-0.2, -0.15) is 0 Å². The second-order valence-electron chi connectivity index (χ2n) is 5.61. The Hall–Kier alpha value is -2.40. The number of nitrogens with zero attached hydrogens (tertiary/aromatic N) is 2. The molecule has 1 fully saturated rings. The number of aliphatic hydroxyl groups is 1. The number of aliphatic hydroxyl groups excluding tert-OH is 1. The molecule has 2 heterocycles. The molecule has 1 aliphatic rings. The van der Waals surface area contributed by atoms with Crippen molar-refractivity contribution in [3.63, 3.8) is 0 Å². The summed E-state index contributed by atoms with van der Waals surface area (Å²) in [4.78, 5) is 18.8. The zero-order valence-corrected chi connectivity index (χ0v) is 13.1. The smallest absolute Gasteiger partial charge is 0.254 e. The minimum atomic E-state index is -0.0806. The van der Waals surface area contributed by atoms with Crippen LogP contribution in [-0.4, -0.2) is 47.2 Å². The average molecular weight is 312 g/mol. The Morgan fingerprint density at radius 3 is 2.96 bits per heavy atom. The quantitative estimate of drug-likeness (QED) is 0.941. The van der Waals surface area contributed by atoms with Crippen molar-refractivity contribution in [2.24, 2.45) is 0 Å². The fraction of sp³-hybridized carbons (Fsp3) is 0.333. The Morgan fingerprint density at radius 1 is 1.39 bits per heavy atom. The van der Waals surface area contributed by atoms with Gasteiger partial charge in [0.25, 0.3) is 5.91 Å². The van der Waals surface area contributed by atoms with E-state index in [1.807, 2.05) is 24.3 Å². The highest BCUT2D eigenvalue weighted by atomic mass is 16.5. The number of ether oxygens (including phenoxy) is 1. The number of aromatic nitrogens is 1. The molecule has 0 aliphatic carbocycles. The van der Waals surface area contributed by atoms with E-state index in [-0.39, 0.29) is 18.6 Å². The number of hydrogen-bond donors (Lipinski definition) is 1. The summed E-state index contributed by atoms with van der Waals surface area (Å²) in [7, 11) is 1.60. The third-order valence-corrected chi connectivity index (χ3v) is 4.24. The van der Waals surface area contributed by atoms with Gasteiger partial charge in [-0.25, -0.2) is 0 Å². The zero-order valence-electron chi connectivity index (χ0n) is 13.1. The molecule has 2 aromatic rings. The molecule has 120 valence electrons. The van der Waals surface area contributed by atoms with Crippen molar-refractivity contribution >= 4 is 5.91 Å². The first-order valence-corrected chi connectivity index (χ1v) is 7.76. The molecule has 1 saturated heterocycles. The number of carbonyl (C=O) groups is 1. The largest absolute Gasteiger partial charge is 0.496 e. The van der Waals surface area contributed by atoms with Crippen LogP contribution in [0.25, 0.3) is 11.3 Å². The van der Waals surface area contributed by atoms with Crippen molar-refractivity contribution < 1.29 is 14.6 Å². The highest BCUT2D eigenvalue weighted by molar-refractivity contribution is 5.96. The van der Waals surface area contributed by atoms with Crippen LogP contribution in [-0.2, 0) is 0 Å². The summed E-state index contributed by atoms with van der Waals surface area (Å²) in [5, 5.41) is 9.42. The summed E-state index contributed by atoms with van der Waals surface area (Å²) >= 11 is 0. The molecular weight excluding hydrogens is 292 g/mol. The molecule has 23 heavy (non-hydrogen) atoms. The molecule has 1 aromatic carbocycles. The molecule has 3 rings (SSSR count). The molecule has 1 aromatic heterocycles. The van der Waals surface area contributed by atoms with E-state index in [1.54, 1.807) is 30.3 Å². The van der Waals surface area contributed by atoms with Gasteiger partial charge in [-0.15, -0.1) is 0 Å². The van der Waals surface area contributed by atoms with Gasteiger partial charge in [0.05, 0.1) is 25.5 Å². The molecule has 1 atom stereocenters. The van der Waals surface area contributed by atoms with Gasteiger partial charge < -0.3 is 14.7 Å². The van der Waals surface area contributed by atoms with Crippen LogP contribution < -0.4 is 4.74 Å². The Kier molecular flexibility index (Phi) is 4.57. The Morgan fingerprint density at radius 2 is 2.26 bits per heavy atom. The van der Waals surface area contributed by atoms with Crippen molar-refractivity contribution in [2.75, 3.05) is 20.3 Å². The summed E-state index contributed by atoms with van der Waals surface area (Å²) in [6.07, 6.45) is 3.50. The first kappa shape index (κ1) is 15.5. The zero-order chi connectivity index (χ0) is 16.2. The summed E-state index contributed by atoms with van der Waals surface area (Å²) in [6, 6.07) is 10.9. The number of pyridine rings is 1. The van der Waals surface area contributed by atoms with E-state index >= 15 is 0 Å². The topological polar surface area (TPSA) is 62.7 Å². The molecule has 0 saturated carbocycles. The Balaban J connectivity index is 1.96. The molecular formula is C18H20N2O3. The predicted octanol–water partition coefficient (Wildman–Crippen LogP) is 2.35. The van der Waals surface area contributed by atoms with Crippen molar-refractivity contribution in [3.8, 4) is 17.0 Å². The summed E-state index contributed by atoms with van der Waals surface area (Å²) < 4.78 is 5.40. The fourth-order valence-electron chi connectivity index (χ4n) is 3.02. The van der Waals surface area contributed by atoms with E-state index in [1.165, 1.54) is 0 Å². The van der Waals surface area contributed by atoms with Gasteiger partial charge in [-0.05, 0) is 43.2 Å². The van der Waals surface area contributed by atoms with E-state index in [4.69, 9.17) is 4.74 Å². The lowest BCUT2D eigenvalue weighted by molar-refractivity contribution is 0.0677. The first-order chi connectivity index (χ1) is 11.2. The van der Waals surface area contributed by atoms with Crippen LogP contribution in [0.3, 0.4) is 0 Å². The molecule has 0 radical (unpaired) electrons. The van der Waals surface area contributed by atoms with Gasteiger partial charge in [0.2, 0.25) is 0 Å². The molecule has 0 unspecified atom stereocenters. The Bertz CT molecular complexity index is 688. The number of hydrogen-bond acceptors (Lipinski definition) is 4. The van der Waals surface area contributed by atoms with Crippen molar-refractivity contribution in [3.05, 3.63) is 48.2 Å². The second-order valence-corrected chi connectivity index (χ2v) is 5.61. The van der Waals surface area contributed by atoms with Crippen LogP contribution in [0.1, 0.15) is 23.2 Å². The van der Waals surface area contributed by atoms with Gasteiger partial charge in [0.15, 0.2) is 0 Å². The van der Waals surface area contributed by atoms with Crippen molar-refractivity contribution in [1.82, 2.24) is 9.88 Å². The normalized spacial score (nSPS) is 17.3. The van der Waals surface area contributed by atoms with E-state index in [0.717, 1.165) is 24.1 Å². The molecule has 5 nitrogen and oxygen atoms in total. The van der Waals surface area contributed by atoms with E-state index in [9.17, 15) is 9.90 Å². The highest BCUT2D eigenvalue weighted by Gasteiger charge is 2.29. The third-order valence-electron chi connectivity index (χ3n) is 4.24.